The van der Waals surface area contributed by atoms with Gasteiger partial charge in [-0.1, -0.05) is 42.5 Å². The predicted molar refractivity (Wildman–Crippen MR) is 79.0 cm³/mol. The second-order valence-corrected chi connectivity index (χ2v) is 4.66. The van der Waals surface area contributed by atoms with Crippen LogP contribution in [-0.4, -0.2) is 10.1 Å². The van der Waals surface area contributed by atoms with Gasteiger partial charge in [-0.3, -0.25) is 0 Å². The third kappa shape index (κ3) is 3.31. The molecule has 0 unspecified atom stereocenters. The number of thiocarbonyl (C=S) groups is 1. The standard InChI is InChI=1S/C15H14FNO2S/c16-13-7-10(15(17)20)5-6-12(13)9-19-14-4-2-1-3-11(14)8-18/h1-7,18H,8-9H2,(H2,17,20). The highest BCUT2D eigenvalue weighted by molar-refractivity contribution is 7.80. The Bertz CT molecular complexity index is 631. The number of halogens is 1. The van der Waals surface area contributed by atoms with Crippen molar-refractivity contribution in [3.63, 3.8) is 0 Å². The number of para-hydroxylation sites is 1. The van der Waals surface area contributed by atoms with Gasteiger partial charge in [-0.2, -0.15) is 0 Å². The minimum atomic E-state index is -0.420. The first-order chi connectivity index (χ1) is 9.61. The van der Waals surface area contributed by atoms with Crippen molar-refractivity contribution in [2.45, 2.75) is 13.2 Å². The molecule has 104 valence electrons. The summed E-state index contributed by atoms with van der Waals surface area (Å²) < 4.78 is 19.4. The number of hydrogen-bond acceptors (Lipinski definition) is 3. The van der Waals surface area contributed by atoms with Gasteiger partial charge < -0.3 is 15.6 Å². The van der Waals surface area contributed by atoms with Gasteiger partial charge in [0, 0.05) is 16.7 Å². The molecule has 0 saturated heterocycles. The number of hydrogen-bond donors (Lipinski definition) is 2. The molecule has 0 bridgehead atoms. The van der Waals surface area contributed by atoms with Gasteiger partial charge in [0.1, 0.15) is 23.2 Å². The maximum absolute atomic E-state index is 13.9. The van der Waals surface area contributed by atoms with Gasteiger partial charge in [0.25, 0.3) is 0 Å². The third-order valence-electron chi connectivity index (χ3n) is 2.86. The lowest BCUT2D eigenvalue weighted by Crippen LogP contribution is -2.10. The average Bonchev–Trinajstić information content (AvgIpc) is 2.46. The summed E-state index contributed by atoms with van der Waals surface area (Å²) in [6, 6.07) is 11.6. The van der Waals surface area contributed by atoms with Crippen LogP contribution in [-0.2, 0) is 13.2 Å². The highest BCUT2D eigenvalue weighted by Gasteiger charge is 2.07. The largest absolute Gasteiger partial charge is 0.488 e. The van der Waals surface area contributed by atoms with Crippen LogP contribution in [0.4, 0.5) is 4.39 Å². The molecule has 0 heterocycles. The first kappa shape index (κ1) is 14.4. The molecule has 2 aromatic carbocycles. The van der Waals surface area contributed by atoms with Crippen LogP contribution in [0.2, 0.25) is 0 Å². The Hall–Kier alpha value is -1.98. The van der Waals surface area contributed by atoms with Gasteiger partial charge in [0.2, 0.25) is 0 Å². The van der Waals surface area contributed by atoms with E-state index in [0.29, 0.717) is 22.4 Å². The van der Waals surface area contributed by atoms with Crippen LogP contribution in [0.15, 0.2) is 42.5 Å². The van der Waals surface area contributed by atoms with Gasteiger partial charge in [-0.05, 0) is 12.1 Å². The fourth-order valence-electron chi connectivity index (χ4n) is 1.75. The molecule has 0 spiro atoms. The Morgan fingerprint density at radius 3 is 2.60 bits per heavy atom. The van der Waals surface area contributed by atoms with E-state index in [1.165, 1.54) is 6.07 Å². The first-order valence-electron chi connectivity index (χ1n) is 6.01. The maximum atomic E-state index is 13.9. The van der Waals surface area contributed by atoms with Crippen LogP contribution in [0.25, 0.3) is 0 Å². The first-order valence-corrected chi connectivity index (χ1v) is 6.42. The fourth-order valence-corrected chi connectivity index (χ4v) is 1.88. The van der Waals surface area contributed by atoms with Crippen LogP contribution in [0.5, 0.6) is 5.75 Å². The number of aliphatic hydroxyl groups is 1. The molecule has 2 rings (SSSR count). The fraction of sp³-hybridized carbons (Fsp3) is 0.133. The molecule has 0 aliphatic heterocycles. The van der Waals surface area contributed by atoms with Crippen LogP contribution in [0.3, 0.4) is 0 Å². The van der Waals surface area contributed by atoms with Crippen LogP contribution >= 0.6 is 12.2 Å². The molecular formula is C15H14FNO2S. The zero-order valence-electron chi connectivity index (χ0n) is 10.7. The van der Waals surface area contributed by atoms with Crippen molar-refractivity contribution >= 4 is 17.2 Å². The maximum Gasteiger partial charge on any atom is 0.130 e. The van der Waals surface area contributed by atoms with Crippen LogP contribution in [0.1, 0.15) is 16.7 Å². The monoisotopic (exact) mass is 291 g/mol. The Labute approximate surface area is 121 Å². The van der Waals surface area contributed by atoms with E-state index in [9.17, 15) is 9.50 Å². The summed E-state index contributed by atoms with van der Waals surface area (Å²) in [4.78, 5) is 0.155. The topological polar surface area (TPSA) is 55.5 Å². The highest BCUT2D eigenvalue weighted by Crippen LogP contribution is 2.20. The average molecular weight is 291 g/mol. The highest BCUT2D eigenvalue weighted by atomic mass is 32.1. The van der Waals surface area contributed by atoms with Crippen molar-refractivity contribution in [3.8, 4) is 5.75 Å². The summed E-state index contributed by atoms with van der Waals surface area (Å²) in [6.07, 6.45) is 0. The normalized spacial score (nSPS) is 10.3. The summed E-state index contributed by atoms with van der Waals surface area (Å²) in [6.45, 7) is -0.0561. The van der Waals surface area contributed by atoms with Crippen molar-refractivity contribution in [1.82, 2.24) is 0 Å². The van der Waals surface area contributed by atoms with E-state index in [1.807, 2.05) is 0 Å². The minimum absolute atomic E-state index is 0.0699. The molecule has 3 nitrogen and oxygen atoms in total. The van der Waals surface area contributed by atoms with Crippen molar-refractivity contribution < 1.29 is 14.2 Å². The van der Waals surface area contributed by atoms with Gasteiger partial charge in [0.05, 0.1) is 6.61 Å². The van der Waals surface area contributed by atoms with E-state index < -0.39 is 5.82 Å². The van der Waals surface area contributed by atoms with E-state index in [0.717, 1.165) is 0 Å². The van der Waals surface area contributed by atoms with Gasteiger partial charge in [-0.15, -0.1) is 0 Å². The predicted octanol–water partition coefficient (Wildman–Crippen LogP) is 2.53. The number of rotatable bonds is 5. The lowest BCUT2D eigenvalue weighted by molar-refractivity contribution is 0.257. The zero-order valence-corrected chi connectivity index (χ0v) is 11.5. The molecule has 20 heavy (non-hydrogen) atoms. The number of ether oxygens (including phenoxy) is 1. The SMILES string of the molecule is NC(=S)c1ccc(COc2ccccc2CO)c(F)c1. The quantitative estimate of drug-likeness (QED) is 0.831. The lowest BCUT2D eigenvalue weighted by Gasteiger charge is -2.11. The van der Waals surface area contributed by atoms with Gasteiger partial charge in [0.15, 0.2) is 0 Å². The summed E-state index contributed by atoms with van der Waals surface area (Å²) in [5, 5.41) is 9.19. The lowest BCUT2D eigenvalue weighted by atomic mass is 10.1. The summed E-state index contributed by atoms with van der Waals surface area (Å²) in [7, 11) is 0. The van der Waals surface area contributed by atoms with E-state index >= 15 is 0 Å². The molecule has 0 atom stereocenters. The minimum Gasteiger partial charge on any atom is -0.488 e. The molecule has 0 fully saturated rings. The van der Waals surface area contributed by atoms with Gasteiger partial charge >= 0.3 is 0 Å². The summed E-state index contributed by atoms with van der Waals surface area (Å²) >= 11 is 4.79. The van der Waals surface area contributed by atoms with Crippen molar-refractivity contribution in [1.29, 1.82) is 0 Å². The van der Waals surface area contributed by atoms with E-state index in [4.69, 9.17) is 22.7 Å². The molecule has 3 N–H and O–H groups in total. The molecule has 0 radical (unpaired) electrons. The Kier molecular flexibility index (Phi) is 4.65. The van der Waals surface area contributed by atoms with E-state index in [1.54, 1.807) is 36.4 Å². The summed E-state index contributed by atoms with van der Waals surface area (Å²) in [5.74, 6) is 0.115. The van der Waals surface area contributed by atoms with Crippen molar-refractivity contribution in [2.75, 3.05) is 0 Å². The Balaban J connectivity index is 2.13. The Morgan fingerprint density at radius 1 is 1.20 bits per heavy atom. The van der Waals surface area contributed by atoms with E-state index in [-0.39, 0.29) is 18.2 Å². The molecule has 0 saturated carbocycles. The Morgan fingerprint density at radius 2 is 1.95 bits per heavy atom. The number of benzene rings is 2. The smallest absolute Gasteiger partial charge is 0.130 e. The van der Waals surface area contributed by atoms with E-state index in [2.05, 4.69) is 0 Å². The molecule has 5 heteroatoms. The molecule has 0 aliphatic carbocycles. The zero-order chi connectivity index (χ0) is 14.5. The summed E-state index contributed by atoms with van der Waals surface area (Å²) in [5.41, 5.74) is 6.99. The molecule has 0 aliphatic rings. The second kappa shape index (κ2) is 6.45. The molecule has 0 amide bonds. The van der Waals surface area contributed by atoms with Crippen molar-refractivity contribution in [2.24, 2.45) is 5.73 Å². The number of nitrogens with two attached hydrogens (primary N) is 1. The molecule has 0 aromatic heterocycles. The molecule has 2 aromatic rings. The second-order valence-electron chi connectivity index (χ2n) is 4.22. The number of aliphatic hydroxyl groups excluding tert-OH is 1. The van der Waals surface area contributed by atoms with Crippen molar-refractivity contribution in [3.05, 3.63) is 65.0 Å². The van der Waals surface area contributed by atoms with Gasteiger partial charge in [-0.25, -0.2) is 4.39 Å². The molecular weight excluding hydrogens is 277 g/mol. The van der Waals surface area contributed by atoms with Crippen LogP contribution < -0.4 is 10.5 Å². The third-order valence-corrected chi connectivity index (χ3v) is 3.10. The van der Waals surface area contributed by atoms with Crippen LogP contribution in [0, 0.1) is 5.82 Å².